The summed E-state index contributed by atoms with van der Waals surface area (Å²) in [7, 11) is 0. The molecule has 1 N–H and O–H groups in total. The Morgan fingerprint density at radius 3 is 2.73 bits per heavy atom. The third kappa shape index (κ3) is 2.91. The summed E-state index contributed by atoms with van der Waals surface area (Å²) in [6.07, 6.45) is 3.67. The van der Waals surface area contributed by atoms with Gasteiger partial charge in [-0.1, -0.05) is 30.3 Å². The summed E-state index contributed by atoms with van der Waals surface area (Å²) in [6.45, 7) is 2.17. The number of hydrogen-bond donors (Lipinski definition) is 1. The lowest BCUT2D eigenvalue weighted by atomic mass is 10.1. The number of fused-ring (bicyclic) bond motifs is 1. The van der Waals surface area contributed by atoms with Gasteiger partial charge in [0.2, 0.25) is 0 Å². The van der Waals surface area contributed by atoms with Gasteiger partial charge < -0.3 is 9.72 Å². The molecule has 1 aromatic heterocycles. The van der Waals surface area contributed by atoms with Crippen molar-refractivity contribution in [1.82, 2.24) is 4.98 Å². The molecular weight excluding hydrogens is 276 g/mol. The number of aliphatic imine (C=N–C) groups is 1. The number of carbonyl (C=O) groups excluding carboxylic acids is 1. The quantitative estimate of drug-likeness (QED) is 0.581. The zero-order valence-electron chi connectivity index (χ0n) is 12.2. The summed E-state index contributed by atoms with van der Waals surface area (Å²) in [5, 5.41) is 1.09. The van der Waals surface area contributed by atoms with E-state index in [9.17, 15) is 4.79 Å². The summed E-state index contributed by atoms with van der Waals surface area (Å²) < 4.78 is 4.96. The second kappa shape index (κ2) is 6.26. The molecule has 0 saturated carbocycles. The highest BCUT2D eigenvalue weighted by atomic mass is 16.5. The molecule has 4 heteroatoms. The fraction of sp³-hybridized carbons (Fsp3) is 0.111. The molecule has 22 heavy (non-hydrogen) atoms. The highest BCUT2D eigenvalue weighted by molar-refractivity contribution is 5.94. The van der Waals surface area contributed by atoms with E-state index in [-0.39, 0.29) is 5.97 Å². The maximum Gasteiger partial charge on any atom is 0.338 e. The Morgan fingerprint density at radius 2 is 1.95 bits per heavy atom. The van der Waals surface area contributed by atoms with Gasteiger partial charge in [0.05, 0.1) is 17.9 Å². The van der Waals surface area contributed by atoms with Crippen molar-refractivity contribution in [3.8, 4) is 0 Å². The van der Waals surface area contributed by atoms with E-state index < -0.39 is 0 Å². The van der Waals surface area contributed by atoms with Crippen LogP contribution < -0.4 is 0 Å². The second-order valence-corrected chi connectivity index (χ2v) is 4.82. The van der Waals surface area contributed by atoms with Gasteiger partial charge in [-0.2, -0.15) is 0 Å². The molecule has 0 atom stereocenters. The number of aromatic nitrogens is 1. The number of nitrogens with zero attached hydrogens (tertiary/aromatic N) is 1. The van der Waals surface area contributed by atoms with E-state index in [1.54, 1.807) is 25.3 Å². The van der Waals surface area contributed by atoms with Crippen LogP contribution in [0.4, 0.5) is 5.69 Å². The predicted octanol–water partition coefficient (Wildman–Crippen LogP) is 4.10. The summed E-state index contributed by atoms with van der Waals surface area (Å²) >= 11 is 0. The molecule has 0 aliphatic rings. The van der Waals surface area contributed by atoms with Gasteiger partial charge in [-0.05, 0) is 30.7 Å². The van der Waals surface area contributed by atoms with E-state index in [1.165, 1.54) is 0 Å². The fourth-order valence-corrected chi connectivity index (χ4v) is 2.23. The molecule has 4 nitrogen and oxygen atoms in total. The third-order valence-electron chi connectivity index (χ3n) is 3.34. The molecule has 3 aromatic rings. The lowest BCUT2D eigenvalue weighted by molar-refractivity contribution is 0.0526. The Bertz CT molecular complexity index is 816. The first-order valence-electron chi connectivity index (χ1n) is 7.15. The van der Waals surface area contributed by atoms with Crippen molar-refractivity contribution in [2.75, 3.05) is 6.61 Å². The van der Waals surface area contributed by atoms with Gasteiger partial charge in [-0.3, -0.25) is 4.99 Å². The number of H-pyrrole nitrogens is 1. The average Bonchev–Trinajstić information content (AvgIpc) is 2.97. The Labute approximate surface area is 128 Å². The Hall–Kier alpha value is -2.88. The van der Waals surface area contributed by atoms with Gasteiger partial charge in [-0.25, -0.2) is 4.79 Å². The van der Waals surface area contributed by atoms with Gasteiger partial charge in [0.1, 0.15) is 0 Å². The maximum absolute atomic E-state index is 11.6. The average molecular weight is 292 g/mol. The zero-order chi connectivity index (χ0) is 15.4. The molecule has 110 valence electrons. The van der Waals surface area contributed by atoms with E-state index >= 15 is 0 Å². The van der Waals surface area contributed by atoms with Crippen molar-refractivity contribution < 1.29 is 9.53 Å². The fourth-order valence-electron chi connectivity index (χ4n) is 2.23. The van der Waals surface area contributed by atoms with E-state index in [2.05, 4.69) is 9.98 Å². The van der Waals surface area contributed by atoms with Crippen molar-refractivity contribution in [3.63, 3.8) is 0 Å². The largest absolute Gasteiger partial charge is 0.462 e. The second-order valence-electron chi connectivity index (χ2n) is 4.82. The summed E-state index contributed by atoms with van der Waals surface area (Å²) in [6, 6.07) is 15.2. The molecule has 0 unspecified atom stereocenters. The van der Waals surface area contributed by atoms with Crippen LogP contribution in [-0.2, 0) is 4.74 Å². The SMILES string of the molecule is CCOC(=O)c1ccc(C=Nc2c[nH]c3ccccc23)cc1. The summed E-state index contributed by atoms with van der Waals surface area (Å²) in [5.74, 6) is -0.303. The van der Waals surface area contributed by atoms with Crippen LogP contribution in [0.2, 0.25) is 0 Å². The molecule has 0 aliphatic carbocycles. The topological polar surface area (TPSA) is 54.4 Å². The molecule has 0 spiro atoms. The van der Waals surface area contributed by atoms with E-state index in [0.29, 0.717) is 12.2 Å². The molecule has 3 rings (SSSR count). The zero-order valence-corrected chi connectivity index (χ0v) is 12.2. The monoisotopic (exact) mass is 292 g/mol. The molecule has 0 saturated heterocycles. The lowest BCUT2D eigenvalue weighted by Crippen LogP contribution is -2.04. The number of esters is 1. The number of ether oxygens (including phenoxy) is 1. The van der Waals surface area contributed by atoms with Crippen LogP contribution in [-0.4, -0.2) is 23.8 Å². The molecule has 0 radical (unpaired) electrons. The van der Waals surface area contributed by atoms with Gasteiger partial charge in [-0.15, -0.1) is 0 Å². The molecule has 0 amide bonds. The number of benzene rings is 2. The Balaban J connectivity index is 1.79. The van der Waals surface area contributed by atoms with E-state index in [0.717, 1.165) is 22.2 Å². The predicted molar refractivity (Wildman–Crippen MR) is 88.0 cm³/mol. The lowest BCUT2D eigenvalue weighted by Gasteiger charge is -2.01. The first-order chi connectivity index (χ1) is 10.8. The Kier molecular flexibility index (Phi) is 4.01. The molecule has 2 aromatic carbocycles. The van der Waals surface area contributed by atoms with Crippen molar-refractivity contribution >= 4 is 28.8 Å². The highest BCUT2D eigenvalue weighted by Crippen LogP contribution is 2.25. The number of nitrogens with one attached hydrogen (secondary N) is 1. The van der Waals surface area contributed by atoms with Gasteiger partial charge in [0, 0.05) is 23.3 Å². The van der Waals surface area contributed by atoms with Crippen molar-refractivity contribution in [1.29, 1.82) is 0 Å². The van der Waals surface area contributed by atoms with Crippen molar-refractivity contribution in [2.45, 2.75) is 6.92 Å². The normalized spacial score (nSPS) is 11.1. The molecule has 0 fully saturated rings. The van der Waals surface area contributed by atoms with Crippen molar-refractivity contribution in [3.05, 3.63) is 65.9 Å². The van der Waals surface area contributed by atoms with Gasteiger partial charge in [0.15, 0.2) is 0 Å². The minimum atomic E-state index is -0.303. The van der Waals surface area contributed by atoms with Gasteiger partial charge >= 0.3 is 5.97 Å². The van der Waals surface area contributed by atoms with Crippen LogP contribution in [0.1, 0.15) is 22.8 Å². The summed E-state index contributed by atoms with van der Waals surface area (Å²) in [5.41, 5.74) is 3.43. The smallest absolute Gasteiger partial charge is 0.338 e. The number of para-hydroxylation sites is 1. The standard InChI is InChI=1S/C18H16N2O2/c1-2-22-18(21)14-9-7-13(8-10-14)11-19-17-12-20-16-6-4-3-5-15(16)17/h3-12,20H,2H2,1H3. The van der Waals surface area contributed by atoms with Crippen LogP contribution >= 0.6 is 0 Å². The van der Waals surface area contributed by atoms with Gasteiger partial charge in [0.25, 0.3) is 0 Å². The number of aromatic amines is 1. The van der Waals surface area contributed by atoms with Crippen LogP contribution in [0.25, 0.3) is 10.9 Å². The molecule has 0 aliphatic heterocycles. The van der Waals surface area contributed by atoms with Crippen LogP contribution in [0, 0.1) is 0 Å². The number of rotatable bonds is 4. The van der Waals surface area contributed by atoms with Crippen LogP contribution in [0.15, 0.2) is 59.7 Å². The maximum atomic E-state index is 11.6. The molecular formula is C18H16N2O2. The van der Waals surface area contributed by atoms with E-state index in [1.807, 2.05) is 42.6 Å². The molecule has 1 heterocycles. The minimum absolute atomic E-state index is 0.303. The Morgan fingerprint density at radius 1 is 1.18 bits per heavy atom. The van der Waals surface area contributed by atoms with Crippen molar-refractivity contribution in [2.24, 2.45) is 4.99 Å². The number of hydrogen-bond acceptors (Lipinski definition) is 3. The third-order valence-corrected chi connectivity index (χ3v) is 3.34. The van der Waals surface area contributed by atoms with E-state index in [4.69, 9.17) is 4.74 Å². The summed E-state index contributed by atoms with van der Waals surface area (Å²) in [4.78, 5) is 19.3. The van der Waals surface area contributed by atoms with Crippen LogP contribution in [0.5, 0.6) is 0 Å². The highest BCUT2D eigenvalue weighted by Gasteiger charge is 2.05. The number of carbonyl (C=O) groups is 1. The van der Waals surface area contributed by atoms with Crippen LogP contribution in [0.3, 0.4) is 0 Å². The molecule has 0 bridgehead atoms. The first kappa shape index (κ1) is 14.1. The first-order valence-corrected chi connectivity index (χ1v) is 7.15. The minimum Gasteiger partial charge on any atom is -0.462 e.